The van der Waals surface area contributed by atoms with Crippen molar-refractivity contribution in [2.45, 2.75) is 18.6 Å². The summed E-state index contributed by atoms with van der Waals surface area (Å²) in [6.07, 6.45) is 0.855. The number of anilines is 2. The maximum atomic E-state index is 14.3. The van der Waals surface area contributed by atoms with E-state index in [1.165, 1.54) is 12.1 Å². The molecule has 6 nitrogen and oxygen atoms in total. The molecule has 0 bridgehead atoms. The van der Waals surface area contributed by atoms with Crippen molar-refractivity contribution in [3.05, 3.63) is 60.0 Å². The van der Waals surface area contributed by atoms with Crippen molar-refractivity contribution in [3.8, 4) is 0 Å². The number of rotatable bonds is 3. The summed E-state index contributed by atoms with van der Waals surface area (Å²) in [4.78, 5) is 13.2. The van der Waals surface area contributed by atoms with Crippen molar-refractivity contribution in [3.63, 3.8) is 0 Å². The van der Waals surface area contributed by atoms with E-state index in [2.05, 4.69) is 10.4 Å². The fourth-order valence-corrected chi connectivity index (χ4v) is 3.48. The summed E-state index contributed by atoms with van der Waals surface area (Å²) in [6.45, 7) is 0.0957. The molecule has 1 saturated heterocycles. The normalized spacial score (nSPS) is 19.8. The van der Waals surface area contributed by atoms with Crippen molar-refractivity contribution < 1.29 is 13.6 Å². The quantitative estimate of drug-likeness (QED) is 0.755. The first kappa shape index (κ1) is 16.3. The summed E-state index contributed by atoms with van der Waals surface area (Å²) in [5, 5.41) is 7.08. The number of primary amides is 1. The van der Waals surface area contributed by atoms with Gasteiger partial charge < -0.3 is 16.0 Å². The molecular formula is C18H17F2N5O. The Morgan fingerprint density at radius 2 is 2.12 bits per heavy atom. The third kappa shape index (κ3) is 2.83. The molecule has 0 spiro atoms. The number of benzene rings is 1. The first-order chi connectivity index (χ1) is 12.5. The van der Waals surface area contributed by atoms with Gasteiger partial charge in [-0.3, -0.25) is 0 Å². The summed E-state index contributed by atoms with van der Waals surface area (Å²) < 4.78 is 29.5. The van der Waals surface area contributed by atoms with Gasteiger partial charge >= 0.3 is 6.03 Å². The van der Waals surface area contributed by atoms with Crippen LogP contribution < -0.4 is 16.0 Å². The number of hydrogen-bond donors (Lipinski definition) is 2. The first-order valence-electron chi connectivity index (χ1n) is 8.23. The molecule has 3 heterocycles. The molecule has 0 unspecified atom stereocenters. The summed E-state index contributed by atoms with van der Waals surface area (Å²) in [5.74, 6) is 0.0275. The van der Waals surface area contributed by atoms with E-state index in [0.29, 0.717) is 22.6 Å². The lowest BCUT2D eigenvalue weighted by Gasteiger charge is -2.25. The smallest absolute Gasteiger partial charge is 0.316 e. The van der Waals surface area contributed by atoms with Crippen LogP contribution in [-0.4, -0.2) is 28.4 Å². The maximum absolute atomic E-state index is 14.3. The Morgan fingerprint density at radius 1 is 1.27 bits per heavy atom. The third-order valence-corrected chi connectivity index (χ3v) is 4.53. The summed E-state index contributed by atoms with van der Waals surface area (Å²) in [6, 6.07) is 10.4. The van der Waals surface area contributed by atoms with Gasteiger partial charge in [-0.15, -0.1) is 5.10 Å². The van der Waals surface area contributed by atoms with Crippen LogP contribution in [0.2, 0.25) is 0 Å². The van der Waals surface area contributed by atoms with Crippen LogP contribution in [0.4, 0.5) is 25.1 Å². The number of nitrogens with two attached hydrogens (primary N) is 1. The number of amides is 2. The van der Waals surface area contributed by atoms with Crippen LogP contribution >= 0.6 is 0 Å². The fraction of sp³-hybridized carbons (Fsp3) is 0.222. The molecule has 2 amide bonds. The lowest BCUT2D eigenvalue weighted by atomic mass is 10.0. The van der Waals surface area contributed by atoms with Gasteiger partial charge in [0.2, 0.25) is 0 Å². The Bertz CT molecular complexity index is 973. The summed E-state index contributed by atoms with van der Waals surface area (Å²) in [5.41, 5.74) is 7.02. The van der Waals surface area contributed by atoms with E-state index in [-0.39, 0.29) is 24.8 Å². The SMILES string of the molecule is NC(=O)Nc1c(N2C[C@@H](F)C[C@@H]2c2cccc(F)c2)nn2ccccc12. The molecule has 8 heteroatoms. The van der Waals surface area contributed by atoms with Gasteiger partial charge in [0.05, 0.1) is 18.1 Å². The Labute approximate surface area is 148 Å². The summed E-state index contributed by atoms with van der Waals surface area (Å²) >= 11 is 0. The van der Waals surface area contributed by atoms with E-state index in [1.54, 1.807) is 45.9 Å². The van der Waals surface area contributed by atoms with Crippen LogP contribution in [-0.2, 0) is 0 Å². The molecule has 1 aromatic carbocycles. The van der Waals surface area contributed by atoms with Crippen molar-refractivity contribution in [2.75, 3.05) is 16.8 Å². The van der Waals surface area contributed by atoms with Gasteiger partial charge in [-0.05, 0) is 29.8 Å². The highest BCUT2D eigenvalue weighted by Crippen LogP contribution is 2.41. The first-order valence-corrected chi connectivity index (χ1v) is 8.23. The van der Waals surface area contributed by atoms with Crippen LogP contribution in [0.25, 0.3) is 5.52 Å². The maximum Gasteiger partial charge on any atom is 0.316 e. The Morgan fingerprint density at radius 3 is 2.88 bits per heavy atom. The molecule has 1 aliphatic heterocycles. The minimum atomic E-state index is -1.09. The lowest BCUT2D eigenvalue weighted by molar-refractivity contribution is 0.259. The highest BCUT2D eigenvalue weighted by molar-refractivity contribution is 5.98. The number of urea groups is 1. The van der Waals surface area contributed by atoms with Crippen LogP contribution in [0.5, 0.6) is 0 Å². The Balaban J connectivity index is 1.83. The molecule has 1 fully saturated rings. The van der Waals surface area contributed by atoms with Gasteiger partial charge in [0.1, 0.15) is 17.7 Å². The van der Waals surface area contributed by atoms with E-state index in [4.69, 9.17) is 5.73 Å². The zero-order valence-electron chi connectivity index (χ0n) is 13.8. The van der Waals surface area contributed by atoms with E-state index < -0.39 is 12.2 Å². The molecule has 0 radical (unpaired) electrons. The van der Waals surface area contributed by atoms with Crippen molar-refractivity contribution in [1.29, 1.82) is 0 Å². The molecule has 3 N–H and O–H groups in total. The van der Waals surface area contributed by atoms with Crippen LogP contribution in [0, 0.1) is 5.82 Å². The average Bonchev–Trinajstić information content (AvgIpc) is 3.15. The second kappa shape index (κ2) is 6.29. The van der Waals surface area contributed by atoms with E-state index in [0.717, 1.165) is 0 Å². The van der Waals surface area contributed by atoms with Crippen LogP contribution in [0.1, 0.15) is 18.0 Å². The second-order valence-corrected chi connectivity index (χ2v) is 6.27. The number of pyridine rings is 1. The monoisotopic (exact) mass is 357 g/mol. The van der Waals surface area contributed by atoms with E-state index in [1.807, 2.05) is 0 Å². The molecule has 2 atom stereocenters. The number of hydrogen-bond acceptors (Lipinski definition) is 3. The molecular weight excluding hydrogens is 340 g/mol. The Kier molecular flexibility index (Phi) is 3.95. The molecule has 2 aromatic heterocycles. The predicted octanol–water partition coefficient (Wildman–Crippen LogP) is 3.25. The highest BCUT2D eigenvalue weighted by Gasteiger charge is 2.36. The topological polar surface area (TPSA) is 75.7 Å². The van der Waals surface area contributed by atoms with Gasteiger partial charge in [0, 0.05) is 12.6 Å². The third-order valence-electron chi connectivity index (χ3n) is 4.53. The van der Waals surface area contributed by atoms with Gasteiger partial charge in [-0.1, -0.05) is 18.2 Å². The predicted molar refractivity (Wildman–Crippen MR) is 94.4 cm³/mol. The van der Waals surface area contributed by atoms with Crippen molar-refractivity contribution >= 4 is 23.1 Å². The van der Waals surface area contributed by atoms with Crippen molar-refractivity contribution in [1.82, 2.24) is 9.61 Å². The lowest BCUT2D eigenvalue weighted by Crippen LogP contribution is -2.27. The number of alkyl halides is 1. The largest absolute Gasteiger partial charge is 0.351 e. The number of fused-ring (bicyclic) bond motifs is 1. The molecule has 3 aromatic rings. The average molecular weight is 357 g/mol. The van der Waals surface area contributed by atoms with E-state index >= 15 is 0 Å². The number of halogens is 2. The number of carbonyl (C=O) groups is 1. The van der Waals surface area contributed by atoms with Crippen LogP contribution in [0.3, 0.4) is 0 Å². The van der Waals surface area contributed by atoms with Gasteiger partial charge in [-0.25, -0.2) is 18.1 Å². The minimum Gasteiger partial charge on any atom is -0.351 e. The molecule has 26 heavy (non-hydrogen) atoms. The zero-order valence-corrected chi connectivity index (χ0v) is 13.8. The molecule has 134 valence electrons. The fourth-order valence-electron chi connectivity index (χ4n) is 3.48. The number of nitrogens with one attached hydrogen (secondary N) is 1. The van der Waals surface area contributed by atoms with Gasteiger partial charge in [0.25, 0.3) is 0 Å². The van der Waals surface area contributed by atoms with Crippen molar-refractivity contribution in [2.24, 2.45) is 5.73 Å². The molecule has 0 aliphatic carbocycles. The zero-order chi connectivity index (χ0) is 18.3. The van der Waals surface area contributed by atoms with Crippen LogP contribution in [0.15, 0.2) is 48.7 Å². The number of aromatic nitrogens is 2. The highest BCUT2D eigenvalue weighted by atomic mass is 19.1. The summed E-state index contributed by atoms with van der Waals surface area (Å²) in [7, 11) is 0. The molecule has 1 aliphatic rings. The Hall–Kier alpha value is -3.16. The van der Waals surface area contributed by atoms with E-state index in [9.17, 15) is 13.6 Å². The number of carbonyl (C=O) groups excluding carboxylic acids is 1. The molecule has 0 saturated carbocycles. The number of nitrogens with zero attached hydrogens (tertiary/aromatic N) is 3. The van der Waals surface area contributed by atoms with Gasteiger partial charge in [0.15, 0.2) is 5.82 Å². The minimum absolute atomic E-state index is 0.0957. The standard InChI is InChI=1S/C18H17F2N5O/c19-12-5-3-4-11(8-12)15-9-13(20)10-24(15)17-16(22-18(21)26)14-6-1-2-7-25(14)23-17/h1-8,13,15H,9-10H2,(H3,21,22,26)/t13-,15+/m0/s1. The van der Waals surface area contributed by atoms with Gasteiger partial charge in [-0.2, -0.15) is 0 Å². The molecule has 4 rings (SSSR count). The second-order valence-electron chi connectivity index (χ2n) is 6.27.